The van der Waals surface area contributed by atoms with Crippen molar-refractivity contribution in [2.45, 2.75) is 0 Å². The highest BCUT2D eigenvalue weighted by Crippen LogP contribution is 1.91. The maximum Gasteiger partial charge on any atom is 0.348 e. The van der Waals surface area contributed by atoms with Gasteiger partial charge in [-0.1, -0.05) is 6.58 Å². The minimum absolute atomic E-state index is 0.0207. The minimum Gasteiger partial charge on any atom is -0.457 e. The average Bonchev–Trinajstić information content (AvgIpc) is 2.10. The van der Waals surface area contributed by atoms with Crippen LogP contribution in [0.4, 0.5) is 0 Å². The summed E-state index contributed by atoms with van der Waals surface area (Å²) in [5.74, 6) is -0.764. The van der Waals surface area contributed by atoms with Crippen LogP contribution in [-0.2, 0) is 9.53 Å². The highest BCUT2D eigenvalue weighted by Gasteiger charge is 2.04. The van der Waals surface area contributed by atoms with Crippen LogP contribution in [-0.4, -0.2) is 12.6 Å². The predicted octanol–water partition coefficient (Wildman–Crippen LogP) is 0.689. The molecule has 12 heavy (non-hydrogen) atoms. The van der Waals surface area contributed by atoms with Gasteiger partial charge in [-0.05, 0) is 6.08 Å². The summed E-state index contributed by atoms with van der Waals surface area (Å²) in [4.78, 5) is 10.7. The Balaban J connectivity index is 3.76. The molecule has 0 aromatic heterocycles. The molecule has 0 amide bonds. The van der Waals surface area contributed by atoms with Crippen LogP contribution in [0.5, 0.6) is 0 Å². The Labute approximate surface area is 70.0 Å². The lowest BCUT2D eigenvalue weighted by Crippen LogP contribution is -2.05. The van der Waals surface area contributed by atoms with Crippen LogP contribution in [0.1, 0.15) is 0 Å². The predicted molar refractivity (Wildman–Crippen MR) is 40.5 cm³/mol. The number of nitrogens with zero attached hydrogens (tertiary/aromatic N) is 2. The molecule has 0 aromatic rings. The van der Waals surface area contributed by atoms with Gasteiger partial charge in [0, 0.05) is 6.08 Å². The molecule has 0 saturated heterocycles. The topological polar surface area (TPSA) is 73.9 Å². The smallest absolute Gasteiger partial charge is 0.348 e. The molecule has 0 aliphatic rings. The number of hydrogen-bond acceptors (Lipinski definition) is 4. The Bertz CT molecular complexity index is 291. The number of nitriles is 2. The largest absolute Gasteiger partial charge is 0.457 e. The first kappa shape index (κ1) is 9.93. The maximum absolute atomic E-state index is 10.7. The Kier molecular flexibility index (Phi) is 4.71. The van der Waals surface area contributed by atoms with Gasteiger partial charge >= 0.3 is 5.97 Å². The molecular weight excluding hydrogens is 156 g/mol. The van der Waals surface area contributed by atoms with E-state index in [4.69, 9.17) is 10.5 Å². The highest BCUT2D eigenvalue weighted by molar-refractivity contribution is 5.91. The fourth-order valence-electron chi connectivity index (χ4n) is 0.357. The summed E-state index contributed by atoms with van der Waals surface area (Å²) in [6.07, 6.45) is 2.55. The SMILES string of the molecule is C=C(C#N)C(=O)OCC=CC#N. The second kappa shape index (κ2) is 5.70. The summed E-state index contributed by atoms with van der Waals surface area (Å²) < 4.78 is 4.50. The highest BCUT2D eigenvalue weighted by atomic mass is 16.5. The maximum atomic E-state index is 10.7. The Hall–Kier alpha value is -2.07. The van der Waals surface area contributed by atoms with Crippen molar-refractivity contribution >= 4 is 5.97 Å². The second-order valence-corrected chi connectivity index (χ2v) is 1.72. The monoisotopic (exact) mass is 162 g/mol. The van der Waals surface area contributed by atoms with E-state index in [0.717, 1.165) is 0 Å². The van der Waals surface area contributed by atoms with Crippen LogP contribution in [0.25, 0.3) is 0 Å². The first-order valence-electron chi connectivity index (χ1n) is 3.03. The number of rotatable bonds is 3. The van der Waals surface area contributed by atoms with Gasteiger partial charge in [0.25, 0.3) is 0 Å². The van der Waals surface area contributed by atoms with Gasteiger partial charge in [0.05, 0.1) is 6.07 Å². The molecule has 0 fully saturated rings. The molecule has 0 N–H and O–H groups in total. The minimum atomic E-state index is -0.764. The van der Waals surface area contributed by atoms with Gasteiger partial charge < -0.3 is 4.74 Å². The van der Waals surface area contributed by atoms with Crippen LogP contribution < -0.4 is 0 Å². The van der Waals surface area contributed by atoms with E-state index in [0.29, 0.717) is 0 Å². The van der Waals surface area contributed by atoms with Crippen LogP contribution in [0.2, 0.25) is 0 Å². The third-order valence-electron chi connectivity index (χ3n) is 0.884. The van der Waals surface area contributed by atoms with E-state index < -0.39 is 5.97 Å². The lowest BCUT2D eigenvalue weighted by atomic mass is 10.3. The molecule has 0 bridgehead atoms. The van der Waals surface area contributed by atoms with Crippen molar-refractivity contribution in [2.75, 3.05) is 6.61 Å². The number of allylic oxidation sites excluding steroid dienone is 1. The van der Waals surface area contributed by atoms with E-state index in [-0.39, 0.29) is 12.2 Å². The van der Waals surface area contributed by atoms with Crippen LogP contribution in [0, 0.1) is 22.7 Å². The molecule has 0 spiro atoms. The van der Waals surface area contributed by atoms with E-state index in [2.05, 4.69) is 11.3 Å². The van der Waals surface area contributed by atoms with Crippen LogP contribution in [0.3, 0.4) is 0 Å². The van der Waals surface area contributed by atoms with Gasteiger partial charge in [0.2, 0.25) is 0 Å². The third-order valence-corrected chi connectivity index (χ3v) is 0.884. The van der Waals surface area contributed by atoms with Gasteiger partial charge in [-0.2, -0.15) is 10.5 Å². The quantitative estimate of drug-likeness (QED) is 0.347. The van der Waals surface area contributed by atoms with Crippen molar-refractivity contribution in [1.82, 2.24) is 0 Å². The number of hydrogen-bond donors (Lipinski definition) is 0. The van der Waals surface area contributed by atoms with Gasteiger partial charge in [-0.25, -0.2) is 4.79 Å². The molecule has 0 heterocycles. The fraction of sp³-hybridized carbons (Fsp3) is 0.125. The molecule has 0 radical (unpaired) electrons. The molecule has 0 unspecified atom stereocenters. The second-order valence-electron chi connectivity index (χ2n) is 1.72. The number of esters is 1. The normalized spacial score (nSPS) is 8.50. The zero-order valence-electron chi connectivity index (χ0n) is 6.28. The summed E-state index contributed by atoms with van der Waals surface area (Å²) in [5.41, 5.74) is -0.250. The molecule has 0 aromatic carbocycles. The van der Waals surface area contributed by atoms with Gasteiger partial charge in [0.15, 0.2) is 0 Å². The average molecular weight is 162 g/mol. The van der Waals surface area contributed by atoms with Crippen LogP contribution in [0.15, 0.2) is 24.3 Å². The summed E-state index contributed by atoms with van der Waals surface area (Å²) in [7, 11) is 0. The van der Waals surface area contributed by atoms with E-state index in [1.807, 2.05) is 0 Å². The van der Waals surface area contributed by atoms with Gasteiger partial charge in [-0.15, -0.1) is 0 Å². The van der Waals surface area contributed by atoms with Crippen LogP contribution >= 0.6 is 0 Å². The molecule has 4 nitrogen and oxygen atoms in total. The van der Waals surface area contributed by atoms with Crippen molar-refractivity contribution in [2.24, 2.45) is 0 Å². The van der Waals surface area contributed by atoms with E-state index in [9.17, 15) is 4.79 Å². The first-order chi connectivity index (χ1) is 5.72. The van der Waals surface area contributed by atoms with Crippen molar-refractivity contribution in [3.8, 4) is 12.1 Å². The Morgan fingerprint density at radius 3 is 2.75 bits per heavy atom. The Morgan fingerprint density at radius 1 is 1.58 bits per heavy atom. The third kappa shape index (κ3) is 3.86. The molecule has 60 valence electrons. The summed E-state index contributed by atoms with van der Waals surface area (Å²) in [6, 6.07) is 3.27. The molecule has 0 rings (SSSR count). The molecular formula is C8H6N2O2. The zero-order valence-corrected chi connectivity index (χ0v) is 6.28. The van der Waals surface area contributed by atoms with E-state index in [1.54, 1.807) is 12.1 Å². The molecule has 0 saturated carbocycles. The van der Waals surface area contributed by atoms with Crippen molar-refractivity contribution < 1.29 is 9.53 Å². The fourth-order valence-corrected chi connectivity index (χ4v) is 0.357. The van der Waals surface area contributed by atoms with Crippen molar-refractivity contribution in [3.05, 3.63) is 24.3 Å². The lowest BCUT2D eigenvalue weighted by molar-refractivity contribution is -0.137. The summed E-state index contributed by atoms with van der Waals surface area (Å²) in [6.45, 7) is 3.13. The number of carbonyl (C=O) groups excluding carboxylic acids is 1. The van der Waals surface area contributed by atoms with E-state index >= 15 is 0 Å². The number of ether oxygens (including phenoxy) is 1. The van der Waals surface area contributed by atoms with E-state index in [1.165, 1.54) is 12.2 Å². The first-order valence-corrected chi connectivity index (χ1v) is 3.03. The molecule has 4 heteroatoms. The number of carbonyl (C=O) groups is 1. The molecule has 0 atom stereocenters. The van der Waals surface area contributed by atoms with Gasteiger partial charge in [-0.3, -0.25) is 0 Å². The summed E-state index contributed by atoms with van der Waals surface area (Å²) in [5, 5.41) is 16.2. The standard InChI is InChI=1S/C8H6N2O2/c1-7(6-10)8(11)12-5-3-2-4-9/h2-3H,1,5H2. The Morgan fingerprint density at radius 2 is 2.25 bits per heavy atom. The zero-order chi connectivity index (χ0) is 9.40. The van der Waals surface area contributed by atoms with Gasteiger partial charge in [0.1, 0.15) is 18.2 Å². The molecule has 0 aliphatic carbocycles. The molecule has 0 aliphatic heterocycles. The lowest BCUT2D eigenvalue weighted by Gasteiger charge is -1.96. The summed E-state index contributed by atoms with van der Waals surface area (Å²) >= 11 is 0. The van der Waals surface area contributed by atoms with Crippen molar-refractivity contribution in [1.29, 1.82) is 10.5 Å². The van der Waals surface area contributed by atoms with Crippen molar-refractivity contribution in [3.63, 3.8) is 0 Å².